The molecule has 4 rings (SSSR count). The average molecular weight is 606 g/mol. The highest BCUT2D eigenvalue weighted by atomic mass is 35.5. The Balaban J connectivity index is 0.00000420. The minimum absolute atomic E-state index is 0. The van der Waals surface area contributed by atoms with Gasteiger partial charge in [-0.1, -0.05) is 30.3 Å². The van der Waals surface area contributed by atoms with Gasteiger partial charge in [0.25, 0.3) is 0 Å². The van der Waals surface area contributed by atoms with Crippen molar-refractivity contribution >= 4 is 39.7 Å². The first kappa shape index (κ1) is 31.1. The van der Waals surface area contributed by atoms with Crippen molar-refractivity contribution in [1.82, 2.24) is 25.1 Å². The number of aromatic nitrogens is 2. The average Bonchev–Trinajstić information content (AvgIpc) is 3.52. The van der Waals surface area contributed by atoms with Crippen LogP contribution >= 0.6 is 23.7 Å². The van der Waals surface area contributed by atoms with Crippen LogP contribution in [-0.4, -0.2) is 55.0 Å². The van der Waals surface area contributed by atoms with Gasteiger partial charge < -0.3 is 10.6 Å². The maximum absolute atomic E-state index is 13.6. The second-order valence-corrected chi connectivity index (χ2v) is 12.3. The third kappa shape index (κ3) is 7.82. The topological polar surface area (TPSA) is 107 Å². The second-order valence-electron chi connectivity index (χ2n) is 9.13. The van der Waals surface area contributed by atoms with Gasteiger partial charge in [-0.05, 0) is 50.4 Å². The third-order valence-corrected chi connectivity index (χ3v) is 9.58. The number of H-pyrrole nitrogens is 1. The number of aryl methyl sites for hydroxylation is 1. The highest BCUT2D eigenvalue weighted by Gasteiger charge is 2.34. The first-order chi connectivity index (χ1) is 18.1. The molecule has 0 spiro atoms. The molecule has 1 aliphatic heterocycles. The van der Waals surface area contributed by atoms with E-state index in [-0.39, 0.29) is 47.9 Å². The Hall–Kier alpha value is -2.45. The number of hydrogen-bond acceptors (Lipinski definition) is 6. The Labute approximate surface area is 235 Å². The number of amides is 1. The molecule has 8 nitrogen and oxygen atoms in total. The van der Waals surface area contributed by atoms with Gasteiger partial charge in [-0.25, -0.2) is 8.42 Å². The van der Waals surface area contributed by atoms with Gasteiger partial charge in [0, 0.05) is 37.0 Å². The second kappa shape index (κ2) is 13.3. The van der Waals surface area contributed by atoms with Crippen LogP contribution in [0.2, 0.25) is 0 Å². The molecular weight excluding hydrogens is 575 g/mol. The normalized spacial score (nSPS) is 18.8. The Kier molecular flexibility index (Phi) is 10.6. The molecular formula is C25H31ClF3N5O3S2. The summed E-state index contributed by atoms with van der Waals surface area (Å²) in [5, 5.41) is 12.0. The van der Waals surface area contributed by atoms with E-state index in [0.29, 0.717) is 48.7 Å². The van der Waals surface area contributed by atoms with Crippen LogP contribution in [0.1, 0.15) is 47.9 Å². The van der Waals surface area contributed by atoms with Gasteiger partial charge in [-0.15, -0.1) is 23.7 Å². The number of nitrogens with zero attached hydrogens (tertiary/aromatic N) is 2. The number of halogens is 4. The SMILES string of the molecule is Cc1sc(-c2cc(C(F)(F)F)[nH]n2)cc1S(=O)(=O)N1CCCCNC(c2ccccc2)CC(=O)NCCC1.Cl. The summed E-state index contributed by atoms with van der Waals surface area (Å²) in [7, 11) is -3.92. The summed E-state index contributed by atoms with van der Waals surface area (Å²) in [5.74, 6) is -0.115. The maximum atomic E-state index is 13.6. The molecule has 0 saturated carbocycles. The summed E-state index contributed by atoms with van der Waals surface area (Å²) in [4.78, 5) is 13.4. The van der Waals surface area contributed by atoms with E-state index in [1.54, 1.807) is 6.92 Å². The van der Waals surface area contributed by atoms with Crippen LogP contribution in [0.3, 0.4) is 0 Å². The Morgan fingerprint density at radius 3 is 2.46 bits per heavy atom. The Bertz CT molecular complexity index is 1350. The number of sulfonamides is 1. The number of hydrogen-bond donors (Lipinski definition) is 3. The lowest BCUT2D eigenvalue weighted by Crippen LogP contribution is -2.35. The highest BCUT2D eigenvalue weighted by Crippen LogP contribution is 2.36. The van der Waals surface area contributed by atoms with Crippen molar-refractivity contribution < 1.29 is 26.4 Å². The van der Waals surface area contributed by atoms with Crippen molar-refractivity contribution in [3.8, 4) is 10.6 Å². The summed E-state index contributed by atoms with van der Waals surface area (Å²) in [5.41, 5.74) is 0.0652. The number of alkyl halides is 3. The van der Waals surface area contributed by atoms with E-state index in [0.717, 1.165) is 23.0 Å². The van der Waals surface area contributed by atoms with Crippen molar-refractivity contribution in [3.05, 3.63) is 58.6 Å². The van der Waals surface area contributed by atoms with Gasteiger partial charge >= 0.3 is 6.18 Å². The highest BCUT2D eigenvalue weighted by molar-refractivity contribution is 7.89. The number of aromatic amines is 1. The van der Waals surface area contributed by atoms with Gasteiger partial charge in [0.1, 0.15) is 11.4 Å². The van der Waals surface area contributed by atoms with Crippen LogP contribution in [0.25, 0.3) is 10.6 Å². The number of carbonyl (C=O) groups excluding carboxylic acids is 1. The van der Waals surface area contributed by atoms with E-state index >= 15 is 0 Å². The lowest BCUT2D eigenvalue weighted by molar-refractivity contribution is -0.141. The lowest BCUT2D eigenvalue weighted by Gasteiger charge is -2.22. The van der Waals surface area contributed by atoms with Crippen molar-refractivity contribution in [2.75, 3.05) is 26.2 Å². The Morgan fingerprint density at radius 1 is 1.05 bits per heavy atom. The molecule has 1 aliphatic rings. The molecule has 14 heteroatoms. The van der Waals surface area contributed by atoms with E-state index < -0.39 is 21.9 Å². The molecule has 0 radical (unpaired) electrons. The summed E-state index contributed by atoms with van der Waals surface area (Å²) in [6.07, 6.45) is -2.54. The maximum Gasteiger partial charge on any atom is 0.432 e. The minimum Gasteiger partial charge on any atom is -0.356 e. The molecule has 1 unspecified atom stereocenters. The van der Waals surface area contributed by atoms with Crippen molar-refractivity contribution in [1.29, 1.82) is 0 Å². The standard InChI is InChI=1S/C25H30F3N5O3S2.ClH/c1-17-22(16-21(37-17)20-14-23(32-31-20)25(26,27)28)38(35,36)33-12-6-5-10-29-19(18-8-3-2-4-9-18)15-24(34)30-11-7-13-33;/h2-4,8-9,14,16,19,29H,5-7,10-13,15H2,1H3,(H,30,34)(H,31,32);1H. The quantitative estimate of drug-likeness (QED) is 0.392. The molecule has 1 aromatic carbocycles. The Morgan fingerprint density at radius 2 is 1.77 bits per heavy atom. The van der Waals surface area contributed by atoms with E-state index in [1.165, 1.54) is 10.4 Å². The molecule has 1 amide bonds. The summed E-state index contributed by atoms with van der Waals surface area (Å²) in [6, 6.07) is 11.9. The zero-order chi connectivity index (χ0) is 27.3. The molecule has 1 saturated heterocycles. The molecule has 214 valence electrons. The first-order valence-corrected chi connectivity index (χ1v) is 14.6. The van der Waals surface area contributed by atoms with E-state index in [4.69, 9.17) is 0 Å². The van der Waals surface area contributed by atoms with Crippen molar-refractivity contribution in [3.63, 3.8) is 0 Å². The molecule has 1 fully saturated rings. The minimum atomic E-state index is -4.57. The molecule has 2 aromatic heterocycles. The van der Waals surface area contributed by atoms with Crippen molar-refractivity contribution in [2.45, 2.75) is 49.7 Å². The van der Waals surface area contributed by atoms with Crippen LogP contribution in [0.4, 0.5) is 13.2 Å². The number of nitrogens with one attached hydrogen (secondary N) is 3. The molecule has 3 N–H and O–H groups in total. The van der Waals surface area contributed by atoms with Gasteiger partial charge in [-0.2, -0.15) is 22.6 Å². The molecule has 3 heterocycles. The third-order valence-electron chi connectivity index (χ3n) is 6.35. The van der Waals surface area contributed by atoms with E-state index in [9.17, 15) is 26.4 Å². The van der Waals surface area contributed by atoms with Crippen LogP contribution in [0, 0.1) is 6.92 Å². The monoisotopic (exact) mass is 605 g/mol. The van der Waals surface area contributed by atoms with Crippen molar-refractivity contribution in [2.24, 2.45) is 0 Å². The molecule has 0 aliphatic carbocycles. The first-order valence-electron chi connectivity index (χ1n) is 12.3. The summed E-state index contributed by atoms with van der Waals surface area (Å²) < 4.78 is 67.6. The molecule has 3 aromatic rings. The molecule has 39 heavy (non-hydrogen) atoms. The number of thiophene rings is 1. The van der Waals surface area contributed by atoms with E-state index in [1.807, 2.05) is 35.4 Å². The summed E-state index contributed by atoms with van der Waals surface area (Å²) in [6.45, 7) is 3.08. The van der Waals surface area contributed by atoms with Crippen LogP contribution in [-0.2, 0) is 21.0 Å². The number of carbonyl (C=O) groups is 1. The van der Waals surface area contributed by atoms with E-state index in [2.05, 4.69) is 15.7 Å². The fourth-order valence-corrected chi connectivity index (χ4v) is 7.39. The van der Waals surface area contributed by atoms with Gasteiger partial charge in [0.2, 0.25) is 15.9 Å². The van der Waals surface area contributed by atoms with Crippen LogP contribution in [0.5, 0.6) is 0 Å². The summed E-state index contributed by atoms with van der Waals surface area (Å²) >= 11 is 1.08. The largest absolute Gasteiger partial charge is 0.432 e. The zero-order valence-corrected chi connectivity index (χ0v) is 23.7. The van der Waals surface area contributed by atoms with Gasteiger partial charge in [-0.3, -0.25) is 9.89 Å². The molecule has 0 bridgehead atoms. The lowest BCUT2D eigenvalue weighted by atomic mass is 10.0. The fraction of sp³-hybridized carbons (Fsp3) is 0.440. The van der Waals surface area contributed by atoms with Gasteiger partial charge in [0.05, 0.1) is 9.77 Å². The number of rotatable bonds is 4. The fourth-order valence-electron chi connectivity index (χ4n) is 4.36. The van der Waals surface area contributed by atoms with Crippen LogP contribution < -0.4 is 10.6 Å². The predicted molar refractivity (Wildman–Crippen MR) is 146 cm³/mol. The van der Waals surface area contributed by atoms with Gasteiger partial charge in [0.15, 0.2) is 0 Å². The molecule has 1 atom stereocenters. The smallest absolute Gasteiger partial charge is 0.356 e. The number of benzene rings is 1. The predicted octanol–water partition coefficient (Wildman–Crippen LogP) is 4.90. The van der Waals surface area contributed by atoms with Crippen LogP contribution in [0.15, 0.2) is 47.4 Å². The zero-order valence-electron chi connectivity index (χ0n) is 21.3.